The molecule has 1 aliphatic heterocycles. The van der Waals surface area contributed by atoms with Gasteiger partial charge in [0.1, 0.15) is 19.2 Å². The van der Waals surface area contributed by atoms with E-state index in [1.54, 1.807) is 11.0 Å². The minimum Gasteiger partial charge on any atom is -0.341 e. The normalized spacial score (nSPS) is 17.3. The summed E-state index contributed by atoms with van der Waals surface area (Å²) in [4.78, 5) is 17.6. The van der Waals surface area contributed by atoms with Gasteiger partial charge in [-0.05, 0) is 25.9 Å². The van der Waals surface area contributed by atoms with Gasteiger partial charge in [-0.1, -0.05) is 0 Å². The Morgan fingerprint density at radius 2 is 2.31 bits per heavy atom. The number of hydrogen-bond donors (Lipinski definition) is 1. The molecule has 6 heteroatoms. The maximum absolute atomic E-state index is 11.9. The van der Waals surface area contributed by atoms with Gasteiger partial charge in [0.05, 0.1) is 0 Å². The van der Waals surface area contributed by atoms with Gasteiger partial charge in [-0.2, -0.15) is 5.10 Å². The van der Waals surface area contributed by atoms with E-state index < -0.39 is 0 Å². The van der Waals surface area contributed by atoms with Crippen LogP contribution >= 0.6 is 0 Å². The lowest BCUT2D eigenvalue weighted by molar-refractivity contribution is -0.133. The van der Waals surface area contributed by atoms with Crippen molar-refractivity contribution in [1.82, 2.24) is 25.0 Å². The fraction of sp³-hybridized carbons (Fsp3) is 0.700. The third-order valence-electron chi connectivity index (χ3n) is 3.01. The third-order valence-corrected chi connectivity index (χ3v) is 3.01. The summed E-state index contributed by atoms with van der Waals surface area (Å²) in [5.41, 5.74) is 0. The molecule has 1 saturated heterocycles. The highest BCUT2D eigenvalue weighted by atomic mass is 16.2. The van der Waals surface area contributed by atoms with Gasteiger partial charge in [0.25, 0.3) is 0 Å². The van der Waals surface area contributed by atoms with E-state index >= 15 is 0 Å². The molecular weight excluding hydrogens is 206 g/mol. The lowest BCUT2D eigenvalue weighted by Gasteiger charge is -2.31. The summed E-state index contributed by atoms with van der Waals surface area (Å²) in [7, 11) is 1.87. The molecule has 88 valence electrons. The van der Waals surface area contributed by atoms with Crippen LogP contribution in [0.5, 0.6) is 0 Å². The molecule has 0 unspecified atom stereocenters. The van der Waals surface area contributed by atoms with E-state index in [1.165, 1.54) is 6.33 Å². The topological polar surface area (TPSA) is 63.1 Å². The molecule has 0 radical (unpaired) electrons. The molecule has 2 heterocycles. The first kappa shape index (κ1) is 11.1. The SMILES string of the molecule is CN(C(=O)Cn1cncn1)C1CCNCC1. The van der Waals surface area contributed by atoms with Crippen LogP contribution in [0, 0.1) is 0 Å². The molecule has 1 aromatic heterocycles. The molecule has 2 rings (SSSR count). The fourth-order valence-electron chi connectivity index (χ4n) is 1.96. The number of rotatable bonds is 3. The molecule has 1 N–H and O–H groups in total. The molecule has 0 atom stereocenters. The van der Waals surface area contributed by atoms with E-state index in [9.17, 15) is 4.79 Å². The number of piperidine rings is 1. The molecule has 0 aromatic carbocycles. The monoisotopic (exact) mass is 223 g/mol. The molecule has 16 heavy (non-hydrogen) atoms. The van der Waals surface area contributed by atoms with Crippen molar-refractivity contribution in [2.45, 2.75) is 25.4 Å². The first-order chi connectivity index (χ1) is 7.77. The molecule has 0 saturated carbocycles. The number of carbonyl (C=O) groups excluding carboxylic acids is 1. The minimum absolute atomic E-state index is 0.0948. The van der Waals surface area contributed by atoms with Crippen LogP contribution in [0.2, 0.25) is 0 Å². The number of hydrogen-bond acceptors (Lipinski definition) is 4. The van der Waals surface area contributed by atoms with Crippen molar-refractivity contribution in [1.29, 1.82) is 0 Å². The van der Waals surface area contributed by atoms with Crippen molar-refractivity contribution in [2.75, 3.05) is 20.1 Å². The smallest absolute Gasteiger partial charge is 0.244 e. The Morgan fingerprint density at radius 3 is 2.94 bits per heavy atom. The second-order valence-corrected chi connectivity index (χ2v) is 4.08. The van der Waals surface area contributed by atoms with Crippen molar-refractivity contribution >= 4 is 5.91 Å². The average Bonchev–Trinajstić information content (AvgIpc) is 2.82. The van der Waals surface area contributed by atoms with Gasteiger partial charge in [-0.15, -0.1) is 0 Å². The second-order valence-electron chi connectivity index (χ2n) is 4.08. The molecule has 0 spiro atoms. The Labute approximate surface area is 94.6 Å². The predicted molar refractivity (Wildman–Crippen MR) is 58.7 cm³/mol. The van der Waals surface area contributed by atoms with Crippen molar-refractivity contribution in [3.05, 3.63) is 12.7 Å². The van der Waals surface area contributed by atoms with Gasteiger partial charge in [0.15, 0.2) is 0 Å². The van der Waals surface area contributed by atoms with E-state index in [2.05, 4.69) is 15.4 Å². The van der Waals surface area contributed by atoms with Crippen LogP contribution in [-0.2, 0) is 11.3 Å². The first-order valence-corrected chi connectivity index (χ1v) is 5.56. The largest absolute Gasteiger partial charge is 0.341 e. The Bertz CT molecular complexity index is 331. The maximum atomic E-state index is 11.9. The maximum Gasteiger partial charge on any atom is 0.244 e. The van der Waals surface area contributed by atoms with Gasteiger partial charge in [0.2, 0.25) is 5.91 Å². The minimum atomic E-state index is 0.0948. The van der Waals surface area contributed by atoms with Gasteiger partial charge >= 0.3 is 0 Å². The summed E-state index contributed by atoms with van der Waals surface area (Å²) < 4.78 is 1.56. The number of aromatic nitrogens is 3. The zero-order valence-electron chi connectivity index (χ0n) is 9.46. The average molecular weight is 223 g/mol. The van der Waals surface area contributed by atoms with E-state index in [0.29, 0.717) is 6.04 Å². The number of nitrogens with zero attached hydrogens (tertiary/aromatic N) is 4. The van der Waals surface area contributed by atoms with Crippen molar-refractivity contribution in [3.63, 3.8) is 0 Å². The van der Waals surface area contributed by atoms with Crippen LogP contribution in [-0.4, -0.2) is 51.8 Å². The van der Waals surface area contributed by atoms with E-state index in [1.807, 2.05) is 11.9 Å². The van der Waals surface area contributed by atoms with Crippen LogP contribution < -0.4 is 5.32 Å². The lowest BCUT2D eigenvalue weighted by Crippen LogP contribution is -2.45. The number of likely N-dealkylation sites (N-methyl/N-ethyl adjacent to an activating group) is 1. The number of nitrogens with one attached hydrogen (secondary N) is 1. The summed E-state index contributed by atoms with van der Waals surface area (Å²) in [5.74, 6) is 0.0948. The zero-order valence-corrected chi connectivity index (χ0v) is 9.46. The standard InChI is InChI=1S/C10H17N5O/c1-14(9-2-4-11-5-3-9)10(16)6-15-8-12-7-13-15/h7-9,11H,2-6H2,1H3. The summed E-state index contributed by atoms with van der Waals surface area (Å²) in [6.45, 7) is 2.26. The van der Waals surface area contributed by atoms with E-state index in [-0.39, 0.29) is 12.5 Å². The van der Waals surface area contributed by atoms with Crippen molar-refractivity contribution in [2.24, 2.45) is 0 Å². The van der Waals surface area contributed by atoms with Gasteiger partial charge in [-0.25, -0.2) is 9.67 Å². The Kier molecular flexibility index (Phi) is 3.51. The lowest BCUT2D eigenvalue weighted by atomic mass is 10.1. The quantitative estimate of drug-likeness (QED) is 0.749. The van der Waals surface area contributed by atoms with Crippen LogP contribution in [0.25, 0.3) is 0 Å². The van der Waals surface area contributed by atoms with Crippen LogP contribution in [0.1, 0.15) is 12.8 Å². The summed E-state index contributed by atoms with van der Waals surface area (Å²) in [6, 6.07) is 0.359. The third kappa shape index (κ3) is 2.57. The highest BCUT2D eigenvalue weighted by Gasteiger charge is 2.21. The van der Waals surface area contributed by atoms with E-state index in [0.717, 1.165) is 25.9 Å². The predicted octanol–water partition coefficient (Wildman–Crippen LogP) is -0.511. The highest BCUT2D eigenvalue weighted by molar-refractivity contribution is 5.75. The summed E-state index contributed by atoms with van der Waals surface area (Å²) in [5, 5.41) is 7.22. The molecule has 0 bridgehead atoms. The molecule has 1 amide bonds. The first-order valence-electron chi connectivity index (χ1n) is 5.56. The zero-order chi connectivity index (χ0) is 11.4. The van der Waals surface area contributed by atoms with Gasteiger partial charge in [0, 0.05) is 13.1 Å². The molecule has 1 fully saturated rings. The highest BCUT2D eigenvalue weighted by Crippen LogP contribution is 2.10. The van der Waals surface area contributed by atoms with Gasteiger partial charge in [-0.3, -0.25) is 4.79 Å². The van der Waals surface area contributed by atoms with Crippen LogP contribution in [0.15, 0.2) is 12.7 Å². The molecule has 6 nitrogen and oxygen atoms in total. The number of carbonyl (C=O) groups is 1. The Balaban J connectivity index is 1.88. The number of amides is 1. The Hall–Kier alpha value is -1.43. The fourth-order valence-corrected chi connectivity index (χ4v) is 1.96. The summed E-state index contributed by atoms with van der Waals surface area (Å²) in [6.07, 6.45) is 5.06. The van der Waals surface area contributed by atoms with Crippen LogP contribution in [0.3, 0.4) is 0 Å². The Morgan fingerprint density at radius 1 is 1.56 bits per heavy atom. The molecular formula is C10H17N5O. The molecule has 0 aliphatic carbocycles. The van der Waals surface area contributed by atoms with Crippen molar-refractivity contribution in [3.8, 4) is 0 Å². The summed E-state index contributed by atoms with van der Waals surface area (Å²) >= 11 is 0. The molecule has 1 aromatic rings. The van der Waals surface area contributed by atoms with Gasteiger partial charge < -0.3 is 10.2 Å². The second kappa shape index (κ2) is 5.07. The molecule has 1 aliphatic rings. The van der Waals surface area contributed by atoms with Crippen LogP contribution in [0.4, 0.5) is 0 Å². The van der Waals surface area contributed by atoms with Crippen molar-refractivity contribution < 1.29 is 4.79 Å². The van der Waals surface area contributed by atoms with E-state index in [4.69, 9.17) is 0 Å².